The Morgan fingerprint density at radius 3 is 2.76 bits per heavy atom. The van der Waals surface area contributed by atoms with Crippen molar-refractivity contribution in [1.82, 2.24) is 14.8 Å². The highest BCUT2D eigenvalue weighted by atomic mass is 79.9. The van der Waals surface area contributed by atoms with Crippen molar-refractivity contribution in [3.05, 3.63) is 28.0 Å². The Morgan fingerprint density at radius 1 is 1.44 bits per heavy atom. The summed E-state index contributed by atoms with van der Waals surface area (Å²) in [7, 11) is 1.66. The van der Waals surface area contributed by atoms with Crippen molar-refractivity contribution < 1.29 is 18.4 Å². The van der Waals surface area contributed by atoms with Crippen LogP contribution in [0.3, 0.4) is 0 Å². The molecular formula is C17H22BrF2N3O2. The number of alkyl halides is 2. The first-order valence-electron chi connectivity index (χ1n) is 8.14. The molecule has 1 atom stereocenters. The van der Waals surface area contributed by atoms with Crippen LogP contribution < -0.4 is 0 Å². The Labute approximate surface area is 154 Å². The van der Waals surface area contributed by atoms with Gasteiger partial charge in [0, 0.05) is 33.0 Å². The Hall–Kier alpha value is -1.57. The number of hydrogen-bond donors (Lipinski definition) is 0. The smallest absolute Gasteiger partial charge is 0.273 e. The number of carbonyl (C=O) groups is 2. The summed E-state index contributed by atoms with van der Waals surface area (Å²) in [4.78, 5) is 31.1. The summed E-state index contributed by atoms with van der Waals surface area (Å²) < 4.78 is 28.3. The van der Waals surface area contributed by atoms with Crippen molar-refractivity contribution >= 4 is 27.7 Å². The van der Waals surface area contributed by atoms with Crippen LogP contribution in [-0.4, -0.2) is 58.7 Å². The summed E-state index contributed by atoms with van der Waals surface area (Å²) in [5.74, 6) is -3.49. The summed E-state index contributed by atoms with van der Waals surface area (Å²) in [6.45, 7) is 2.98. The zero-order chi connectivity index (χ0) is 18.8. The number of halogens is 3. The zero-order valence-corrected chi connectivity index (χ0v) is 16.1. The van der Waals surface area contributed by atoms with Crippen molar-refractivity contribution in [2.24, 2.45) is 0 Å². The van der Waals surface area contributed by atoms with Crippen LogP contribution in [0.1, 0.15) is 42.2 Å². The van der Waals surface area contributed by atoms with Gasteiger partial charge in [0.25, 0.3) is 11.8 Å². The molecular weight excluding hydrogens is 396 g/mol. The van der Waals surface area contributed by atoms with E-state index in [4.69, 9.17) is 0 Å². The minimum absolute atomic E-state index is 0.0940. The first-order chi connectivity index (χ1) is 11.6. The first-order valence-corrected chi connectivity index (χ1v) is 8.93. The van der Waals surface area contributed by atoms with Gasteiger partial charge >= 0.3 is 0 Å². The van der Waals surface area contributed by atoms with E-state index in [0.717, 1.165) is 0 Å². The highest BCUT2D eigenvalue weighted by molar-refractivity contribution is 9.10. The fourth-order valence-corrected chi connectivity index (χ4v) is 3.20. The maximum Gasteiger partial charge on any atom is 0.273 e. The normalized spacial score (nSPS) is 19.6. The van der Waals surface area contributed by atoms with Crippen molar-refractivity contribution in [1.29, 1.82) is 0 Å². The molecule has 2 amide bonds. The highest BCUT2D eigenvalue weighted by Gasteiger charge is 2.42. The molecule has 1 aliphatic rings. The maximum atomic E-state index is 13.9. The molecule has 8 heteroatoms. The number of piperidine rings is 1. The SMILES string of the molecule is CC(=O)N(C)CC[C@H]1CCC(F)(F)CN1C(=O)c1nc(Br)ccc1C. The van der Waals surface area contributed by atoms with Gasteiger partial charge in [-0.3, -0.25) is 9.59 Å². The second-order valence-electron chi connectivity index (χ2n) is 6.51. The van der Waals surface area contributed by atoms with Crippen LogP contribution in [-0.2, 0) is 4.79 Å². The molecule has 1 aromatic rings. The van der Waals surface area contributed by atoms with Crippen molar-refractivity contribution in [2.45, 2.75) is 45.1 Å². The number of pyridine rings is 1. The molecule has 1 fully saturated rings. The van der Waals surface area contributed by atoms with Gasteiger partial charge in [0.1, 0.15) is 10.3 Å². The van der Waals surface area contributed by atoms with Gasteiger partial charge < -0.3 is 9.80 Å². The third-order valence-corrected chi connectivity index (χ3v) is 4.99. The minimum Gasteiger partial charge on any atom is -0.346 e. The van der Waals surface area contributed by atoms with Gasteiger partial charge in [-0.25, -0.2) is 13.8 Å². The molecule has 0 aromatic carbocycles. The van der Waals surface area contributed by atoms with Crippen LogP contribution in [0.5, 0.6) is 0 Å². The number of hydrogen-bond acceptors (Lipinski definition) is 3. The van der Waals surface area contributed by atoms with E-state index in [1.165, 1.54) is 16.7 Å². The second-order valence-corrected chi connectivity index (χ2v) is 7.32. The van der Waals surface area contributed by atoms with Crippen LogP contribution >= 0.6 is 15.9 Å². The molecule has 5 nitrogen and oxygen atoms in total. The lowest BCUT2D eigenvalue weighted by atomic mass is 9.95. The molecule has 25 heavy (non-hydrogen) atoms. The van der Waals surface area contributed by atoms with E-state index >= 15 is 0 Å². The summed E-state index contributed by atoms with van der Waals surface area (Å²) in [5.41, 5.74) is 0.818. The number of rotatable bonds is 4. The molecule has 1 aliphatic heterocycles. The van der Waals surface area contributed by atoms with E-state index in [1.807, 2.05) is 0 Å². The maximum absolute atomic E-state index is 13.9. The van der Waals surface area contributed by atoms with Gasteiger partial charge in [0.05, 0.1) is 6.54 Å². The molecule has 0 N–H and O–H groups in total. The second kappa shape index (κ2) is 7.76. The molecule has 2 heterocycles. The lowest BCUT2D eigenvalue weighted by molar-refractivity contribution is -0.128. The van der Waals surface area contributed by atoms with E-state index < -0.39 is 18.4 Å². The van der Waals surface area contributed by atoms with Gasteiger partial charge in [0.2, 0.25) is 5.91 Å². The van der Waals surface area contributed by atoms with Crippen LogP contribution in [0.25, 0.3) is 0 Å². The summed E-state index contributed by atoms with van der Waals surface area (Å²) in [6.07, 6.45) is 0.415. The Bertz CT molecular complexity index is 669. The molecule has 0 unspecified atom stereocenters. The fraction of sp³-hybridized carbons (Fsp3) is 0.588. The molecule has 1 saturated heterocycles. The van der Waals surface area contributed by atoms with Crippen molar-refractivity contribution in [3.63, 3.8) is 0 Å². The van der Waals surface area contributed by atoms with E-state index in [-0.39, 0.29) is 30.5 Å². The van der Waals surface area contributed by atoms with E-state index in [1.54, 1.807) is 26.1 Å². The zero-order valence-electron chi connectivity index (χ0n) is 14.6. The average molecular weight is 418 g/mol. The van der Waals surface area contributed by atoms with Crippen molar-refractivity contribution in [2.75, 3.05) is 20.1 Å². The summed E-state index contributed by atoms with van der Waals surface area (Å²) in [6, 6.07) is 3.09. The molecule has 0 bridgehead atoms. The van der Waals surface area contributed by atoms with E-state index in [0.29, 0.717) is 23.1 Å². The average Bonchev–Trinajstić information content (AvgIpc) is 2.54. The van der Waals surface area contributed by atoms with Crippen LogP contribution in [0.2, 0.25) is 0 Å². The highest BCUT2D eigenvalue weighted by Crippen LogP contribution is 2.32. The summed E-state index contributed by atoms with van der Waals surface area (Å²) in [5, 5.41) is 0. The number of nitrogens with zero attached hydrogens (tertiary/aromatic N) is 3. The quantitative estimate of drug-likeness (QED) is 0.706. The van der Waals surface area contributed by atoms with Gasteiger partial charge in [-0.2, -0.15) is 0 Å². The van der Waals surface area contributed by atoms with E-state index in [9.17, 15) is 18.4 Å². The van der Waals surface area contributed by atoms with Gasteiger partial charge in [-0.1, -0.05) is 6.07 Å². The molecule has 0 aliphatic carbocycles. The van der Waals surface area contributed by atoms with Gasteiger partial charge in [-0.15, -0.1) is 0 Å². The Morgan fingerprint density at radius 2 is 2.12 bits per heavy atom. The molecule has 138 valence electrons. The molecule has 2 rings (SSSR count). The van der Waals surface area contributed by atoms with E-state index in [2.05, 4.69) is 20.9 Å². The third kappa shape index (κ3) is 4.96. The minimum atomic E-state index is -2.90. The van der Waals surface area contributed by atoms with Gasteiger partial charge in [0.15, 0.2) is 0 Å². The Kier molecular flexibility index (Phi) is 6.13. The fourth-order valence-electron chi connectivity index (χ4n) is 2.89. The predicted molar refractivity (Wildman–Crippen MR) is 93.6 cm³/mol. The standard InChI is InChI=1S/C17H22BrF2N3O2/c1-11-4-5-14(18)21-15(11)16(25)23-10-17(19,20)8-6-13(23)7-9-22(3)12(2)24/h4-5,13H,6-10H2,1-3H3/t13-/m1/s1. The number of carbonyl (C=O) groups excluding carboxylic acids is 2. The van der Waals surface area contributed by atoms with Crippen LogP contribution in [0, 0.1) is 6.92 Å². The molecule has 0 spiro atoms. The lowest BCUT2D eigenvalue weighted by Gasteiger charge is -2.40. The molecule has 1 aromatic heterocycles. The number of likely N-dealkylation sites (tertiary alicyclic amines) is 1. The number of aromatic nitrogens is 1. The first kappa shape index (κ1) is 19.8. The summed E-state index contributed by atoms with van der Waals surface area (Å²) >= 11 is 3.22. The van der Waals surface area contributed by atoms with Gasteiger partial charge in [-0.05, 0) is 47.3 Å². The largest absolute Gasteiger partial charge is 0.346 e. The molecule has 0 saturated carbocycles. The van der Waals surface area contributed by atoms with Crippen LogP contribution in [0.4, 0.5) is 8.78 Å². The van der Waals surface area contributed by atoms with Crippen LogP contribution in [0.15, 0.2) is 16.7 Å². The molecule has 0 radical (unpaired) electrons. The van der Waals surface area contributed by atoms with Crippen molar-refractivity contribution in [3.8, 4) is 0 Å². The number of aryl methyl sites for hydroxylation is 1. The predicted octanol–water partition coefficient (Wildman–Crippen LogP) is 3.26. The third-order valence-electron chi connectivity index (χ3n) is 4.55. The Balaban J connectivity index is 2.22. The monoisotopic (exact) mass is 417 g/mol. The topological polar surface area (TPSA) is 53.5 Å². The number of amides is 2. The lowest BCUT2D eigenvalue weighted by Crippen LogP contribution is -2.52.